The fourth-order valence-corrected chi connectivity index (χ4v) is 1.01. The summed E-state index contributed by atoms with van der Waals surface area (Å²) in [6.45, 7) is 2.61. The maximum atomic E-state index is 5.52. The number of hydrogen-bond donors (Lipinski definition) is 1. The van der Waals surface area contributed by atoms with Crippen LogP contribution in [0.25, 0.3) is 0 Å². The molecule has 0 aliphatic rings. The highest BCUT2D eigenvalue weighted by Crippen LogP contribution is 2.11. The van der Waals surface area contributed by atoms with Gasteiger partial charge in [0.15, 0.2) is 0 Å². The Morgan fingerprint density at radius 1 is 1.67 bits per heavy atom. The second-order valence-corrected chi connectivity index (χ2v) is 2.50. The lowest BCUT2D eigenvalue weighted by atomic mass is 10.2. The molecule has 0 saturated carbocycles. The molecule has 1 atom stereocenters. The Bertz CT molecular complexity index is 236. The van der Waals surface area contributed by atoms with Gasteiger partial charge in [-0.3, -0.25) is 0 Å². The topological polar surface area (TPSA) is 78.8 Å². The van der Waals surface area contributed by atoms with Crippen molar-refractivity contribution in [2.75, 3.05) is 19.5 Å². The average molecular weight is 171 g/mol. The van der Waals surface area contributed by atoms with Crippen LogP contribution in [-0.4, -0.2) is 33.9 Å². The summed E-state index contributed by atoms with van der Waals surface area (Å²) in [6.07, 6.45) is 0.892. The van der Waals surface area contributed by atoms with Crippen LogP contribution in [0.2, 0.25) is 0 Å². The largest absolute Gasteiger partial charge is 0.382 e. The Kier molecular flexibility index (Phi) is 2.98. The van der Waals surface area contributed by atoms with Crippen molar-refractivity contribution in [3.05, 3.63) is 0 Å². The molecule has 0 saturated heterocycles. The molecule has 0 aliphatic heterocycles. The Balaban J connectivity index is 2.72. The van der Waals surface area contributed by atoms with E-state index in [1.165, 1.54) is 0 Å². The second kappa shape index (κ2) is 4.01. The molecular formula is C6H13N5O. The summed E-state index contributed by atoms with van der Waals surface area (Å²) in [5.41, 5.74) is 5.52. The van der Waals surface area contributed by atoms with E-state index in [1.807, 2.05) is 6.92 Å². The van der Waals surface area contributed by atoms with E-state index in [2.05, 4.69) is 15.5 Å². The summed E-state index contributed by atoms with van der Waals surface area (Å²) in [5, 5.41) is 10.8. The van der Waals surface area contributed by atoms with Gasteiger partial charge in [0.05, 0.1) is 12.6 Å². The maximum Gasteiger partial charge on any atom is 0.240 e. The molecule has 0 aliphatic carbocycles. The summed E-state index contributed by atoms with van der Waals surface area (Å²) >= 11 is 0. The number of methoxy groups -OCH3 is 1. The van der Waals surface area contributed by atoms with E-state index in [4.69, 9.17) is 10.5 Å². The summed E-state index contributed by atoms with van der Waals surface area (Å²) < 4.78 is 6.57. The second-order valence-electron chi connectivity index (χ2n) is 2.50. The van der Waals surface area contributed by atoms with Crippen LogP contribution in [0.1, 0.15) is 19.4 Å². The number of nitrogens with two attached hydrogens (primary N) is 1. The molecule has 2 N–H and O–H groups in total. The van der Waals surface area contributed by atoms with Gasteiger partial charge in [0.2, 0.25) is 5.95 Å². The lowest BCUT2D eigenvalue weighted by Crippen LogP contribution is -2.17. The van der Waals surface area contributed by atoms with Crippen molar-refractivity contribution in [3.8, 4) is 0 Å². The molecule has 0 bridgehead atoms. The highest BCUT2D eigenvalue weighted by Gasteiger charge is 2.12. The maximum absolute atomic E-state index is 5.52. The summed E-state index contributed by atoms with van der Waals surface area (Å²) in [5.74, 6) is 0.332. The van der Waals surface area contributed by atoms with Gasteiger partial charge in [-0.1, -0.05) is 12.0 Å². The third kappa shape index (κ3) is 1.70. The molecule has 68 valence electrons. The molecule has 1 heterocycles. The van der Waals surface area contributed by atoms with Gasteiger partial charge >= 0.3 is 0 Å². The zero-order chi connectivity index (χ0) is 8.97. The van der Waals surface area contributed by atoms with Crippen LogP contribution in [0.5, 0.6) is 0 Å². The van der Waals surface area contributed by atoms with Crippen LogP contribution in [0.4, 0.5) is 5.95 Å². The monoisotopic (exact) mass is 171 g/mol. The molecular weight excluding hydrogens is 158 g/mol. The van der Waals surface area contributed by atoms with Crippen LogP contribution < -0.4 is 5.73 Å². The van der Waals surface area contributed by atoms with Gasteiger partial charge in [-0.05, 0) is 16.8 Å². The molecule has 1 aromatic heterocycles. The van der Waals surface area contributed by atoms with E-state index in [-0.39, 0.29) is 6.04 Å². The van der Waals surface area contributed by atoms with Gasteiger partial charge < -0.3 is 10.5 Å². The third-order valence-electron chi connectivity index (χ3n) is 1.69. The molecule has 0 spiro atoms. The number of ether oxygens (including phenoxy) is 1. The van der Waals surface area contributed by atoms with Crippen molar-refractivity contribution in [1.82, 2.24) is 20.2 Å². The van der Waals surface area contributed by atoms with Gasteiger partial charge in [0.25, 0.3) is 0 Å². The van der Waals surface area contributed by atoms with Crippen LogP contribution in [0.3, 0.4) is 0 Å². The molecule has 12 heavy (non-hydrogen) atoms. The summed E-state index contributed by atoms with van der Waals surface area (Å²) in [6, 6.07) is 0.130. The standard InChI is InChI=1S/C6H13N5O/c1-3-5(4-12-2)11-6(7)8-9-10-11/h5H,3-4H2,1-2H3,(H2,7,8,10). The highest BCUT2D eigenvalue weighted by molar-refractivity contribution is 5.11. The highest BCUT2D eigenvalue weighted by atomic mass is 16.5. The molecule has 6 heteroatoms. The number of anilines is 1. The quantitative estimate of drug-likeness (QED) is 0.681. The molecule has 6 nitrogen and oxygen atoms in total. The first-order valence-corrected chi connectivity index (χ1v) is 3.81. The normalized spacial score (nSPS) is 13.2. The Morgan fingerprint density at radius 2 is 2.42 bits per heavy atom. The molecule has 0 fully saturated rings. The first-order chi connectivity index (χ1) is 5.79. The fourth-order valence-electron chi connectivity index (χ4n) is 1.01. The van der Waals surface area contributed by atoms with Crippen LogP contribution in [0, 0.1) is 0 Å². The molecule has 0 aromatic carbocycles. The van der Waals surface area contributed by atoms with E-state index in [0.29, 0.717) is 12.6 Å². The van der Waals surface area contributed by atoms with Gasteiger partial charge in [0.1, 0.15) is 0 Å². The Labute approximate surface area is 70.7 Å². The van der Waals surface area contributed by atoms with Gasteiger partial charge in [-0.15, -0.1) is 0 Å². The van der Waals surface area contributed by atoms with E-state index in [0.717, 1.165) is 6.42 Å². The number of nitrogen functional groups attached to an aromatic ring is 1. The SMILES string of the molecule is CCC(COC)n1nnnc1N. The minimum absolute atomic E-state index is 0.130. The van der Waals surface area contributed by atoms with Gasteiger partial charge in [-0.25, -0.2) is 4.68 Å². The first-order valence-electron chi connectivity index (χ1n) is 3.81. The van der Waals surface area contributed by atoms with E-state index in [9.17, 15) is 0 Å². The zero-order valence-corrected chi connectivity index (χ0v) is 7.27. The number of aromatic nitrogens is 4. The Hall–Kier alpha value is -1.17. The van der Waals surface area contributed by atoms with E-state index < -0.39 is 0 Å². The molecule has 0 amide bonds. The van der Waals surface area contributed by atoms with Crippen molar-refractivity contribution >= 4 is 5.95 Å². The lowest BCUT2D eigenvalue weighted by molar-refractivity contribution is 0.147. The number of nitrogens with zero attached hydrogens (tertiary/aromatic N) is 4. The Morgan fingerprint density at radius 3 is 2.83 bits per heavy atom. The van der Waals surface area contributed by atoms with Gasteiger partial charge in [0, 0.05) is 7.11 Å². The predicted molar refractivity (Wildman–Crippen MR) is 43.4 cm³/mol. The third-order valence-corrected chi connectivity index (χ3v) is 1.69. The molecule has 0 radical (unpaired) electrons. The number of tetrazole rings is 1. The van der Waals surface area contributed by atoms with Crippen LogP contribution in [0.15, 0.2) is 0 Å². The van der Waals surface area contributed by atoms with Crippen molar-refractivity contribution in [2.24, 2.45) is 0 Å². The zero-order valence-electron chi connectivity index (χ0n) is 7.27. The van der Waals surface area contributed by atoms with Crippen LogP contribution >= 0.6 is 0 Å². The first kappa shape index (κ1) is 8.92. The predicted octanol–water partition coefficient (Wildman–Crippen LogP) is -0.147. The summed E-state index contributed by atoms with van der Waals surface area (Å²) in [4.78, 5) is 0. The van der Waals surface area contributed by atoms with Crippen molar-refractivity contribution < 1.29 is 4.74 Å². The number of rotatable bonds is 4. The average Bonchev–Trinajstić information content (AvgIpc) is 2.47. The molecule has 1 rings (SSSR count). The van der Waals surface area contributed by atoms with Crippen molar-refractivity contribution in [2.45, 2.75) is 19.4 Å². The molecule has 1 aromatic rings. The minimum atomic E-state index is 0.130. The van der Waals surface area contributed by atoms with E-state index >= 15 is 0 Å². The van der Waals surface area contributed by atoms with Crippen LogP contribution in [-0.2, 0) is 4.74 Å². The van der Waals surface area contributed by atoms with E-state index in [1.54, 1.807) is 11.8 Å². The summed E-state index contributed by atoms with van der Waals surface area (Å²) in [7, 11) is 1.64. The lowest BCUT2D eigenvalue weighted by Gasteiger charge is -2.13. The fraction of sp³-hybridized carbons (Fsp3) is 0.833. The minimum Gasteiger partial charge on any atom is -0.382 e. The number of hydrogen-bond acceptors (Lipinski definition) is 5. The molecule has 1 unspecified atom stereocenters. The smallest absolute Gasteiger partial charge is 0.240 e. The van der Waals surface area contributed by atoms with Crippen molar-refractivity contribution in [1.29, 1.82) is 0 Å². The van der Waals surface area contributed by atoms with Gasteiger partial charge in [-0.2, -0.15) is 0 Å². The van der Waals surface area contributed by atoms with Crippen molar-refractivity contribution in [3.63, 3.8) is 0 Å².